The number of aliphatic imine (C=N–C) groups is 1. The quantitative estimate of drug-likeness (QED) is 0.637. The summed E-state index contributed by atoms with van der Waals surface area (Å²) in [6, 6.07) is 7.00. The van der Waals surface area contributed by atoms with Crippen LogP contribution >= 0.6 is 0 Å². The Balaban J connectivity index is 2.94. The van der Waals surface area contributed by atoms with Crippen LogP contribution in [0.2, 0.25) is 0 Å². The molecule has 0 aromatic heterocycles. The van der Waals surface area contributed by atoms with Crippen LogP contribution in [0.4, 0.5) is 0 Å². The molecule has 1 aromatic rings. The fourth-order valence-corrected chi connectivity index (χ4v) is 0.730. The Bertz CT molecular complexity index is 279. The van der Waals surface area contributed by atoms with E-state index in [1.54, 1.807) is 24.4 Å². The van der Waals surface area contributed by atoms with Gasteiger partial charge in [-0.3, -0.25) is 4.99 Å². The van der Waals surface area contributed by atoms with Crippen molar-refractivity contribution in [2.24, 2.45) is 4.99 Å². The first-order valence-electron chi connectivity index (χ1n) is 3.26. The van der Waals surface area contributed by atoms with Gasteiger partial charge < -0.3 is 5.11 Å². The zero-order valence-corrected chi connectivity index (χ0v) is 6.07. The van der Waals surface area contributed by atoms with Gasteiger partial charge in [0.2, 0.25) is 0 Å². The van der Waals surface area contributed by atoms with Crippen molar-refractivity contribution in [2.75, 3.05) is 0 Å². The predicted octanol–water partition coefficient (Wildman–Crippen LogP) is 1.95. The summed E-state index contributed by atoms with van der Waals surface area (Å²) in [6.07, 6.45) is 2.98. The van der Waals surface area contributed by atoms with Crippen molar-refractivity contribution in [2.45, 2.75) is 0 Å². The van der Waals surface area contributed by atoms with Gasteiger partial charge in [-0.15, -0.1) is 0 Å². The molecule has 1 N–H and O–H groups in total. The van der Waals surface area contributed by atoms with Gasteiger partial charge in [-0.25, -0.2) is 0 Å². The second-order valence-corrected chi connectivity index (χ2v) is 2.02. The topological polar surface area (TPSA) is 32.6 Å². The maximum absolute atomic E-state index is 9.21. The largest absolute Gasteiger partial charge is 0.507 e. The van der Waals surface area contributed by atoms with E-state index in [0.29, 0.717) is 5.56 Å². The predicted molar refractivity (Wildman–Crippen MR) is 45.9 cm³/mol. The number of phenols is 1. The van der Waals surface area contributed by atoms with Gasteiger partial charge in [-0.05, 0) is 12.1 Å². The molecule has 0 aliphatic heterocycles. The fourth-order valence-electron chi connectivity index (χ4n) is 0.730. The summed E-state index contributed by atoms with van der Waals surface area (Å²) in [4.78, 5) is 3.78. The van der Waals surface area contributed by atoms with Crippen LogP contribution in [0.3, 0.4) is 0 Å². The number of aromatic hydroxyl groups is 1. The van der Waals surface area contributed by atoms with Gasteiger partial charge in [0.1, 0.15) is 5.75 Å². The summed E-state index contributed by atoms with van der Waals surface area (Å²) in [5.41, 5.74) is 0.701. The van der Waals surface area contributed by atoms with E-state index in [9.17, 15) is 5.11 Å². The first-order chi connectivity index (χ1) is 5.34. The lowest BCUT2D eigenvalue weighted by molar-refractivity contribution is 0.474. The Labute approximate surface area is 65.5 Å². The summed E-state index contributed by atoms with van der Waals surface area (Å²) in [5.74, 6) is 0.234. The van der Waals surface area contributed by atoms with Crippen LogP contribution in [-0.2, 0) is 0 Å². The van der Waals surface area contributed by atoms with Crippen molar-refractivity contribution in [1.82, 2.24) is 0 Å². The number of rotatable bonds is 2. The molecule has 0 atom stereocenters. The SMILES string of the molecule is C=CN=Cc1ccccc1O. The van der Waals surface area contributed by atoms with Gasteiger partial charge >= 0.3 is 0 Å². The van der Waals surface area contributed by atoms with Gasteiger partial charge in [0, 0.05) is 18.0 Å². The Kier molecular flexibility index (Phi) is 2.44. The second-order valence-electron chi connectivity index (χ2n) is 2.02. The lowest BCUT2D eigenvalue weighted by Gasteiger charge is -1.94. The maximum Gasteiger partial charge on any atom is 0.124 e. The number of hydrogen-bond donors (Lipinski definition) is 1. The van der Waals surface area contributed by atoms with E-state index in [0.717, 1.165) is 0 Å². The van der Waals surface area contributed by atoms with E-state index in [4.69, 9.17) is 0 Å². The van der Waals surface area contributed by atoms with Crippen LogP contribution in [-0.4, -0.2) is 11.3 Å². The first-order valence-corrected chi connectivity index (χ1v) is 3.26. The van der Waals surface area contributed by atoms with Crippen molar-refractivity contribution < 1.29 is 5.11 Å². The summed E-state index contributed by atoms with van der Waals surface area (Å²) < 4.78 is 0. The van der Waals surface area contributed by atoms with Crippen LogP contribution in [0.5, 0.6) is 5.75 Å². The third kappa shape index (κ3) is 1.93. The minimum absolute atomic E-state index is 0.234. The molecule has 0 heterocycles. The van der Waals surface area contributed by atoms with Crippen LogP contribution in [0, 0.1) is 0 Å². The lowest BCUT2D eigenvalue weighted by Crippen LogP contribution is -1.79. The molecule has 0 aliphatic carbocycles. The molecule has 0 unspecified atom stereocenters. The summed E-state index contributed by atoms with van der Waals surface area (Å²) in [5, 5.41) is 9.21. The van der Waals surface area contributed by atoms with Crippen LogP contribution in [0.25, 0.3) is 0 Å². The number of benzene rings is 1. The summed E-state index contributed by atoms with van der Waals surface area (Å²) in [6.45, 7) is 3.43. The molecule has 11 heavy (non-hydrogen) atoms. The first kappa shape index (κ1) is 7.54. The Morgan fingerprint density at radius 3 is 2.73 bits per heavy atom. The van der Waals surface area contributed by atoms with Crippen molar-refractivity contribution in [3.63, 3.8) is 0 Å². The van der Waals surface area contributed by atoms with Crippen molar-refractivity contribution in [3.05, 3.63) is 42.6 Å². The monoisotopic (exact) mass is 147 g/mol. The van der Waals surface area contributed by atoms with Crippen molar-refractivity contribution in [3.8, 4) is 5.75 Å². The van der Waals surface area contributed by atoms with Gasteiger partial charge in [0.15, 0.2) is 0 Å². The number of nitrogens with zero attached hydrogens (tertiary/aromatic N) is 1. The van der Waals surface area contributed by atoms with E-state index >= 15 is 0 Å². The molecule has 0 saturated carbocycles. The molecular weight excluding hydrogens is 138 g/mol. The molecule has 0 amide bonds. The highest BCUT2D eigenvalue weighted by Gasteiger charge is 1.92. The number of hydrogen-bond acceptors (Lipinski definition) is 2. The zero-order chi connectivity index (χ0) is 8.10. The Morgan fingerprint density at radius 2 is 2.09 bits per heavy atom. The Morgan fingerprint density at radius 1 is 1.36 bits per heavy atom. The molecule has 1 rings (SSSR count). The van der Waals surface area contributed by atoms with Gasteiger partial charge in [0.25, 0.3) is 0 Å². The number of phenolic OH excluding ortho intramolecular Hbond substituents is 1. The molecule has 0 spiro atoms. The maximum atomic E-state index is 9.21. The lowest BCUT2D eigenvalue weighted by atomic mass is 10.2. The minimum Gasteiger partial charge on any atom is -0.507 e. The molecular formula is C9H9NO. The minimum atomic E-state index is 0.234. The third-order valence-electron chi connectivity index (χ3n) is 1.26. The van der Waals surface area contributed by atoms with E-state index in [1.807, 2.05) is 6.07 Å². The molecule has 0 bridgehead atoms. The van der Waals surface area contributed by atoms with Crippen molar-refractivity contribution >= 4 is 6.21 Å². The van der Waals surface area contributed by atoms with E-state index in [-0.39, 0.29) is 5.75 Å². The second kappa shape index (κ2) is 3.56. The Hall–Kier alpha value is -1.57. The van der Waals surface area contributed by atoms with Gasteiger partial charge in [-0.1, -0.05) is 18.7 Å². The summed E-state index contributed by atoms with van der Waals surface area (Å²) in [7, 11) is 0. The average Bonchev–Trinajstić information content (AvgIpc) is 2.03. The third-order valence-corrected chi connectivity index (χ3v) is 1.26. The van der Waals surface area contributed by atoms with Gasteiger partial charge in [0.05, 0.1) is 0 Å². The molecule has 1 aromatic carbocycles. The number of para-hydroxylation sites is 1. The summed E-state index contributed by atoms with van der Waals surface area (Å²) >= 11 is 0. The highest BCUT2D eigenvalue weighted by molar-refractivity contribution is 5.83. The molecule has 0 fully saturated rings. The molecule has 2 nitrogen and oxygen atoms in total. The fraction of sp³-hybridized carbons (Fsp3) is 0. The standard InChI is InChI=1S/C9H9NO/c1-2-10-7-8-5-3-4-6-9(8)11/h2-7,11H,1H2. The molecule has 2 heteroatoms. The molecule has 0 radical (unpaired) electrons. The van der Waals surface area contributed by atoms with Crippen LogP contribution in [0.1, 0.15) is 5.56 Å². The van der Waals surface area contributed by atoms with E-state index < -0.39 is 0 Å². The van der Waals surface area contributed by atoms with Crippen molar-refractivity contribution in [1.29, 1.82) is 0 Å². The van der Waals surface area contributed by atoms with Crippen LogP contribution in [0.15, 0.2) is 42.0 Å². The van der Waals surface area contributed by atoms with Gasteiger partial charge in [-0.2, -0.15) is 0 Å². The van der Waals surface area contributed by atoms with E-state index in [2.05, 4.69) is 11.6 Å². The molecule has 56 valence electrons. The van der Waals surface area contributed by atoms with Crippen LogP contribution < -0.4 is 0 Å². The van der Waals surface area contributed by atoms with E-state index in [1.165, 1.54) is 6.20 Å². The normalized spacial score (nSPS) is 10.2. The smallest absolute Gasteiger partial charge is 0.124 e. The highest BCUT2D eigenvalue weighted by Crippen LogP contribution is 2.12. The average molecular weight is 147 g/mol. The zero-order valence-electron chi connectivity index (χ0n) is 6.07. The molecule has 0 saturated heterocycles. The molecule has 0 aliphatic rings. The highest BCUT2D eigenvalue weighted by atomic mass is 16.3.